The van der Waals surface area contributed by atoms with Crippen LogP contribution in [-0.4, -0.2) is 16.1 Å². The van der Waals surface area contributed by atoms with Crippen molar-refractivity contribution in [2.24, 2.45) is 0 Å². The van der Waals surface area contributed by atoms with Crippen molar-refractivity contribution in [1.82, 2.24) is 4.98 Å². The van der Waals surface area contributed by atoms with Gasteiger partial charge in [-0.25, -0.2) is 4.79 Å². The molecule has 0 amide bonds. The van der Waals surface area contributed by atoms with Crippen molar-refractivity contribution in [3.05, 3.63) is 47.2 Å². The van der Waals surface area contributed by atoms with E-state index in [0.717, 1.165) is 0 Å². The Morgan fingerprint density at radius 1 is 1.33 bits per heavy atom. The quantitative estimate of drug-likeness (QED) is 0.833. The van der Waals surface area contributed by atoms with E-state index in [4.69, 9.17) is 27.2 Å². The summed E-state index contributed by atoms with van der Waals surface area (Å²) in [7, 11) is 0. The van der Waals surface area contributed by atoms with Crippen LogP contribution < -0.4 is 10.5 Å². The molecule has 6 heteroatoms. The molecule has 0 saturated heterocycles. The predicted molar refractivity (Wildman–Crippen MR) is 67.1 cm³/mol. The van der Waals surface area contributed by atoms with E-state index < -0.39 is 5.97 Å². The second kappa shape index (κ2) is 4.93. The molecule has 0 aliphatic rings. The first kappa shape index (κ1) is 12.2. The molecule has 1 aromatic carbocycles. The molecule has 0 aliphatic carbocycles. The van der Waals surface area contributed by atoms with Gasteiger partial charge < -0.3 is 15.6 Å². The molecule has 0 fully saturated rings. The van der Waals surface area contributed by atoms with Crippen LogP contribution >= 0.6 is 11.6 Å². The Morgan fingerprint density at radius 2 is 2.11 bits per heavy atom. The van der Waals surface area contributed by atoms with E-state index in [2.05, 4.69) is 4.98 Å². The Morgan fingerprint density at radius 3 is 2.78 bits per heavy atom. The fourth-order valence-electron chi connectivity index (χ4n) is 1.38. The number of rotatable bonds is 3. The molecule has 0 bridgehead atoms. The first-order valence-electron chi connectivity index (χ1n) is 4.97. The van der Waals surface area contributed by atoms with Gasteiger partial charge in [-0.15, -0.1) is 0 Å². The number of nitrogens with zero attached hydrogens (tertiary/aromatic N) is 1. The highest BCUT2D eigenvalue weighted by Gasteiger charge is 2.12. The Balaban J connectivity index is 2.39. The van der Waals surface area contributed by atoms with Gasteiger partial charge in [0.25, 0.3) is 0 Å². The molecule has 18 heavy (non-hydrogen) atoms. The number of aromatic nitrogens is 1. The van der Waals surface area contributed by atoms with Gasteiger partial charge in [0.15, 0.2) is 0 Å². The van der Waals surface area contributed by atoms with Crippen LogP contribution in [0.4, 0.5) is 5.69 Å². The lowest BCUT2D eigenvalue weighted by molar-refractivity contribution is 0.0694. The number of pyridine rings is 1. The van der Waals surface area contributed by atoms with Crippen molar-refractivity contribution >= 4 is 23.3 Å². The summed E-state index contributed by atoms with van der Waals surface area (Å²) in [5, 5.41) is 9.42. The molecule has 0 atom stereocenters. The molecule has 2 aromatic rings. The zero-order valence-electron chi connectivity index (χ0n) is 9.13. The maximum absolute atomic E-state index is 11.0. The van der Waals surface area contributed by atoms with Gasteiger partial charge in [-0.05, 0) is 12.1 Å². The summed E-state index contributed by atoms with van der Waals surface area (Å²) in [6, 6.07) is 5.84. The van der Waals surface area contributed by atoms with E-state index >= 15 is 0 Å². The lowest BCUT2D eigenvalue weighted by Crippen LogP contribution is -2.01. The van der Waals surface area contributed by atoms with Gasteiger partial charge in [0.1, 0.15) is 17.1 Å². The Labute approximate surface area is 108 Å². The molecular formula is C12H9ClN2O3. The first-order chi connectivity index (χ1) is 8.56. The second-order valence-corrected chi connectivity index (χ2v) is 3.94. The number of carbonyl (C=O) groups is 1. The minimum absolute atomic E-state index is 0.0178. The van der Waals surface area contributed by atoms with Crippen LogP contribution in [-0.2, 0) is 0 Å². The number of anilines is 1. The molecule has 1 aromatic heterocycles. The van der Waals surface area contributed by atoms with E-state index in [1.165, 1.54) is 36.7 Å². The number of halogens is 1. The maximum atomic E-state index is 11.0. The van der Waals surface area contributed by atoms with Gasteiger partial charge in [-0.1, -0.05) is 11.6 Å². The van der Waals surface area contributed by atoms with Gasteiger partial charge in [-0.2, -0.15) is 0 Å². The predicted octanol–water partition coefficient (Wildman–Crippen LogP) is 2.81. The lowest BCUT2D eigenvalue weighted by atomic mass is 10.2. The number of carboxylic acid groups (broad SMARTS) is 1. The third kappa shape index (κ3) is 2.70. The second-order valence-electron chi connectivity index (χ2n) is 3.50. The fraction of sp³-hybridized carbons (Fsp3) is 0. The minimum Gasteiger partial charge on any atom is -0.478 e. The standard InChI is InChI=1S/C12H9ClN2O3/c13-7-3-9(6-15-5-7)18-11-4-8(14)1-2-10(11)12(16)17/h1-6H,14H2,(H,16,17). The number of hydrogen-bond acceptors (Lipinski definition) is 4. The third-order valence-electron chi connectivity index (χ3n) is 2.14. The summed E-state index contributed by atoms with van der Waals surface area (Å²) in [5.74, 6) is -0.609. The minimum atomic E-state index is -1.10. The van der Waals surface area contributed by atoms with Crippen molar-refractivity contribution in [1.29, 1.82) is 0 Å². The number of ether oxygens (including phenoxy) is 1. The number of nitrogen functional groups attached to an aromatic ring is 1. The largest absolute Gasteiger partial charge is 0.478 e. The van der Waals surface area contributed by atoms with Crippen LogP contribution in [0.1, 0.15) is 10.4 Å². The molecule has 0 aliphatic heterocycles. The van der Waals surface area contributed by atoms with Crippen molar-refractivity contribution < 1.29 is 14.6 Å². The number of carboxylic acids is 1. The van der Waals surface area contributed by atoms with Gasteiger partial charge >= 0.3 is 5.97 Å². The summed E-state index contributed by atoms with van der Waals surface area (Å²) in [6.07, 6.45) is 2.88. The highest BCUT2D eigenvalue weighted by atomic mass is 35.5. The highest BCUT2D eigenvalue weighted by Crippen LogP contribution is 2.28. The molecule has 5 nitrogen and oxygen atoms in total. The summed E-state index contributed by atoms with van der Waals surface area (Å²) in [4.78, 5) is 14.9. The van der Waals surface area contributed by atoms with Gasteiger partial charge in [0.2, 0.25) is 0 Å². The molecule has 0 saturated carbocycles. The zero-order valence-corrected chi connectivity index (χ0v) is 9.89. The van der Waals surface area contributed by atoms with Crippen molar-refractivity contribution in [3.8, 4) is 11.5 Å². The summed E-state index contributed by atoms with van der Waals surface area (Å²) in [5.41, 5.74) is 6.02. The number of benzene rings is 1. The summed E-state index contributed by atoms with van der Waals surface area (Å²) < 4.78 is 5.42. The third-order valence-corrected chi connectivity index (χ3v) is 2.35. The molecule has 92 valence electrons. The Kier molecular flexibility index (Phi) is 3.34. The highest BCUT2D eigenvalue weighted by molar-refractivity contribution is 6.30. The molecule has 0 spiro atoms. The SMILES string of the molecule is Nc1ccc(C(=O)O)c(Oc2cncc(Cl)c2)c1. The molecular weight excluding hydrogens is 256 g/mol. The molecule has 0 unspecified atom stereocenters. The van der Waals surface area contributed by atoms with E-state index in [1.807, 2.05) is 0 Å². The average Bonchev–Trinajstić information content (AvgIpc) is 2.28. The van der Waals surface area contributed by atoms with E-state index in [1.54, 1.807) is 0 Å². The molecule has 2 rings (SSSR count). The van der Waals surface area contributed by atoms with Crippen LogP contribution in [0.3, 0.4) is 0 Å². The van der Waals surface area contributed by atoms with Gasteiger partial charge in [0, 0.05) is 24.0 Å². The van der Waals surface area contributed by atoms with Gasteiger partial charge in [-0.3, -0.25) is 4.98 Å². The van der Waals surface area contributed by atoms with E-state index in [9.17, 15) is 4.79 Å². The van der Waals surface area contributed by atoms with Crippen LogP contribution in [0.5, 0.6) is 11.5 Å². The van der Waals surface area contributed by atoms with Crippen molar-refractivity contribution in [3.63, 3.8) is 0 Å². The fourth-order valence-corrected chi connectivity index (χ4v) is 1.54. The summed E-state index contributed by atoms with van der Waals surface area (Å²) in [6.45, 7) is 0. The van der Waals surface area contributed by atoms with Crippen LogP contribution in [0.2, 0.25) is 5.02 Å². The van der Waals surface area contributed by atoms with E-state index in [0.29, 0.717) is 16.5 Å². The molecule has 3 N–H and O–H groups in total. The van der Waals surface area contributed by atoms with Gasteiger partial charge in [0.05, 0.1) is 11.2 Å². The smallest absolute Gasteiger partial charge is 0.339 e. The molecule has 0 radical (unpaired) electrons. The first-order valence-corrected chi connectivity index (χ1v) is 5.35. The summed E-state index contributed by atoms with van der Waals surface area (Å²) >= 11 is 5.76. The van der Waals surface area contributed by atoms with Crippen molar-refractivity contribution in [2.45, 2.75) is 0 Å². The van der Waals surface area contributed by atoms with Crippen LogP contribution in [0, 0.1) is 0 Å². The monoisotopic (exact) mass is 264 g/mol. The van der Waals surface area contributed by atoms with Crippen LogP contribution in [0.25, 0.3) is 0 Å². The number of hydrogen-bond donors (Lipinski definition) is 2. The van der Waals surface area contributed by atoms with Crippen molar-refractivity contribution in [2.75, 3.05) is 5.73 Å². The average molecular weight is 265 g/mol. The van der Waals surface area contributed by atoms with E-state index in [-0.39, 0.29) is 11.3 Å². The lowest BCUT2D eigenvalue weighted by Gasteiger charge is -2.09. The molecule has 1 heterocycles. The van der Waals surface area contributed by atoms with Crippen LogP contribution in [0.15, 0.2) is 36.7 Å². The number of nitrogens with two attached hydrogens (primary N) is 1. The topological polar surface area (TPSA) is 85.4 Å². The Bertz CT molecular complexity index is 602. The zero-order chi connectivity index (χ0) is 13.1. The Hall–Kier alpha value is -2.27. The maximum Gasteiger partial charge on any atom is 0.339 e. The number of aromatic carboxylic acids is 1. The normalized spacial score (nSPS) is 10.1.